The Balaban J connectivity index is 1.46. The molecule has 1 atom stereocenters. The summed E-state index contributed by atoms with van der Waals surface area (Å²) in [4.78, 5) is 17.2. The third kappa shape index (κ3) is 2.62. The van der Waals surface area contributed by atoms with Gasteiger partial charge >= 0.3 is 5.97 Å². The molecule has 3 aliphatic rings. The Morgan fingerprint density at radius 3 is 2.61 bits per heavy atom. The molecule has 6 heteroatoms. The Labute approximate surface area is 163 Å². The van der Waals surface area contributed by atoms with Crippen LogP contribution < -0.4 is 5.32 Å². The minimum absolute atomic E-state index is 0.138. The summed E-state index contributed by atoms with van der Waals surface area (Å²) in [7, 11) is 0. The molecule has 1 aliphatic heterocycles. The third-order valence-corrected chi connectivity index (χ3v) is 5.95. The Morgan fingerprint density at radius 2 is 1.96 bits per heavy atom. The van der Waals surface area contributed by atoms with Crippen molar-refractivity contribution in [1.29, 1.82) is 0 Å². The van der Waals surface area contributed by atoms with Gasteiger partial charge in [0.1, 0.15) is 6.54 Å². The van der Waals surface area contributed by atoms with Crippen LogP contribution in [0.1, 0.15) is 47.8 Å². The van der Waals surface area contributed by atoms with Crippen molar-refractivity contribution >= 4 is 17.7 Å². The second kappa shape index (κ2) is 6.69. The number of nitrogens with zero attached hydrogens (tertiary/aromatic N) is 1. The van der Waals surface area contributed by atoms with Crippen LogP contribution in [0.15, 0.2) is 33.9 Å². The summed E-state index contributed by atoms with van der Waals surface area (Å²) in [5, 5.41) is 3.43. The molecule has 0 amide bonds. The molecule has 0 saturated heterocycles. The average molecular weight is 380 g/mol. The SMILES string of the molecule is CCOC(=O)C1(c2ccco2)CN=C(Nc2c3c(cc4c2CCC4)CCC3)O1. The van der Waals surface area contributed by atoms with Crippen molar-refractivity contribution in [3.63, 3.8) is 0 Å². The van der Waals surface area contributed by atoms with Crippen LogP contribution in [-0.2, 0) is 45.6 Å². The van der Waals surface area contributed by atoms with Gasteiger partial charge in [0, 0.05) is 5.69 Å². The Bertz CT molecular complexity index is 916. The molecule has 6 nitrogen and oxygen atoms in total. The fourth-order valence-electron chi connectivity index (χ4n) is 4.64. The molecule has 0 spiro atoms. The summed E-state index contributed by atoms with van der Waals surface area (Å²) in [6, 6.07) is 6.22. The van der Waals surface area contributed by atoms with Crippen molar-refractivity contribution < 1.29 is 18.7 Å². The minimum atomic E-state index is -1.36. The van der Waals surface area contributed by atoms with Gasteiger partial charge < -0.3 is 19.2 Å². The van der Waals surface area contributed by atoms with Crippen LogP contribution in [0.4, 0.5) is 5.69 Å². The van der Waals surface area contributed by atoms with E-state index in [0.717, 1.165) is 31.4 Å². The summed E-state index contributed by atoms with van der Waals surface area (Å²) in [6.45, 7) is 2.19. The number of amidine groups is 1. The average Bonchev–Trinajstić information content (AvgIpc) is 3.47. The van der Waals surface area contributed by atoms with Crippen molar-refractivity contribution in [3.05, 3.63) is 52.5 Å². The van der Waals surface area contributed by atoms with E-state index in [1.807, 2.05) is 0 Å². The monoisotopic (exact) mass is 380 g/mol. The number of esters is 1. The first kappa shape index (κ1) is 17.3. The number of carbonyl (C=O) groups excluding carboxylic acids is 1. The topological polar surface area (TPSA) is 73.1 Å². The van der Waals surface area contributed by atoms with E-state index < -0.39 is 11.6 Å². The van der Waals surface area contributed by atoms with Gasteiger partial charge in [0.05, 0.1) is 12.9 Å². The highest BCUT2D eigenvalue weighted by Gasteiger charge is 2.51. The van der Waals surface area contributed by atoms with Gasteiger partial charge in [-0.25, -0.2) is 9.79 Å². The predicted octanol–water partition coefficient (Wildman–Crippen LogP) is 3.51. The molecule has 5 rings (SSSR count). The molecule has 1 aromatic carbocycles. The number of aryl methyl sites for hydroxylation is 2. The van der Waals surface area contributed by atoms with E-state index in [1.165, 1.54) is 41.4 Å². The normalized spacial score (nSPS) is 22.4. The van der Waals surface area contributed by atoms with Crippen LogP contribution >= 0.6 is 0 Å². The van der Waals surface area contributed by atoms with Gasteiger partial charge in [0.2, 0.25) is 0 Å². The van der Waals surface area contributed by atoms with Gasteiger partial charge in [-0.1, -0.05) is 6.07 Å². The molecule has 0 radical (unpaired) electrons. The number of furan rings is 1. The molecule has 1 unspecified atom stereocenters. The maximum Gasteiger partial charge on any atom is 0.360 e. The second-order valence-corrected chi connectivity index (χ2v) is 7.61. The molecule has 2 aliphatic carbocycles. The van der Waals surface area contributed by atoms with E-state index in [0.29, 0.717) is 11.8 Å². The number of nitrogens with one attached hydrogen (secondary N) is 1. The molecule has 0 bridgehead atoms. The maximum atomic E-state index is 12.7. The minimum Gasteiger partial charge on any atom is -0.464 e. The lowest BCUT2D eigenvalue weighted by Crippen LogP contribution is -2.41. The van der Waals surface area contributed by atoms with Crippen LogP contribution in [0.5, 0.6) is 0 Å². The fraction of sp³-hybridized carbons (Fsp3) is 0.455. The number of carbonyl (C=O) groups is 1. The van der Waals surface area contributed by atoms with E-state index >= 15 is 0 Å². The molecule has 0 saturated carbocycles. The highest BCUT2D eigenvalue weighted by Crippen LogP contribution is 2.40. The van der Waals surface area contributed by atoms with Crippen molar-refractivity contribution in [2.75, 3.05) is 18.5 Å². The standard InChI is InChI=1S/C22H24N2O4/c1-2-26-20(25)22(18-10-5-11-27-18)13-23-21(28-22)24-19-16-8-3-6-14(16)12-15-7-4-9-17(15)19/h5,10-12H,2-4,6-9,13H2,1H3,(H,23,24). The van der Waals surface area contributed by atoms with Gasteiger partial charge in [0.25, 0.3) is 11.6 Å². The van der Waals surface area contributed by atoms with Gasteiger partial charge in [-0.2, -0.15) is 0 Å². The van der Waals surface area contributed by atoms with Crippen molar-refractivity contribution in [3.8, 4) is 0 Å². The largest absolute Gasteiger partial charge is 0.464 e. The Kier molecular flexibility index (Phi) is 4.14. The van der Waals surface area contributed by atoms with Crippen LogP contribution in [0.25, 0.3) is 0 Å². The number of aliphatic imine (C=N–C) groups is 1. The summed E-state index contributed by atoms with van der Waals surface area (Å²) in [5.41, 5.74) is 5.40. The van der Waals surface area contributed by atoms with E-state index in [4.69, 9.17) is 13.9 Å². The Morgan fingerprint density at radius 1 is 1.21 bits per heavy atom. The van der Waals surface area contributed by atoms with E-state index in [9.17, 15) is 4.79 Å². The molecular formula is C22H24N2O4. The van der Waals surface area contributed by atoms with E-state index in [1.54, 1.807) is 19.1 Å². The number of anilines is 1. The summed E-state index contributed by atoms with van der Waals surface area (Å²) >= 11 is 0. The molecule has 0 fully saturated rings. The molecule has 146 valence electrons. The third-order valence-electron chi connectivity index (χ3n) is 5.95. The lowest BCUT2D eigenvalue weighted by molar-refractivity contribution is -0.163. The van der Waals surface area contributed by atoms with Gasteiger partial charge in [-0.3, -0.25) is 0 Å². The first-order chi connectivity index (χ1) is 13.7. The zero-order valence-corrected chi connectivity index (χ0v) is 16.0. The van der Waals surface area contributed by atoms with Crippen LogP contribution in [0, 0.1) is 0 Å². The first-order valence-corrected chi connectivity index (χ1v) is 10.1. The van der Waals surface area contributed by atoms with Crippen LogP contribution in [0.2, 0.25) is 0 Å². The molecule has 1 N–H and O–H groups in total. The lowest BCUT2D eigenvalue weighted by atomic mass is 9.99. The zero-order valence-electron chi connectivity index (χ0n) is 16.0. The Hall–Kier alpha value is -2.76. The summed E-state index contributed by atoms with van der Waals surface area (Å²) in [6.07, 6.45) is 8.28. The van der Waals surface area contributed by atoms with E-state index in [-0.39, 0.29) is 13.2 Å². The van der Waals surface area contributed by atoms with Crippen molar-refractivity contribution in [1.82, 2.24) is 0 Å². The van der Waals surface area contributed by atoms with Crippen molar-refractivity contribution in [2.24, 2.45) is 4.99 Å². The molecular weight excluding hydrogens is 356 g/mol. The molecule has 1 aromatic heterocycles. The number of hydrogen-bond donors (Lipinski definition) is 1. The van der Waals surface area contributed by atoms with Gasteiger partial charge in [-0.05, 0) is 79.8 Å². The van der Waals surface area contributed by atoms with Crippen LogP contribution in [0.3, 0.4) is 0 Å². The number of ether oxygens (including phenoxy) is 2. The molecule has 28 heavy (non-hydrogen) atoms. The zero-order chi connectivity index (χ0) is 19.1. The molecule has 2 aromatic rings. The smallest absolute Gasteiger partial charge is 0.360 e. The fourth-order valence-corrected chi connectivity index (χ4v) is 4.64. The van der Waals surface area contributed by atoms with Gasteiger partial charge in [0.15, 0.2) is 5.76 Å². The summed E-state index contributed by atoms with van der Waals surface area (Å²) < 4.78 is 16.9. The van der Waals surface area contributed by atoms with Gasteiger partial charge in [-0.15, -0.1) is 0 Å². The first-order valence-electron chi connectivity index (χ1n) is 10.1. The lowest BCUT2D eigenvalue weighted by Gasteiger charge is -2.24. The maximum absolute atomic E-state index is 12.7. The second-order valence-electron chi connectivity index (χ2n) is 7.61. The predicted molar refractivity (Wildman–Crippen MR) is 105 cm³/mol. The number of fused-ring (bicyclic) bond motifs is 2. The highest BCUT2D eigenvalue weighted by molar-refractivity contribution is 5.96. The molecule has 2 heterocycles. The van der Waals surface area contributed by atoms with Crippen LogP contribution in [-0.4, -0.2) is 25.1 Å². The number of hydrogen-bond acceptors (Lipinski definition) is 6. The van der Waals surface area contributed by atoms with E-state index in [2.05, 4.69) is 16.4 Å². The van der Waals surface area contributed by atoms with Crippen molar-refractivity contribution in [2.45, 2.75) is 51.0 Å². The number of rotatable bonds is 4. The quantitative estimate of drug-likeness (QED) is 0.822. The summed E-state index contributed by atoms with van der Waals surface area (Å²) in [5.74, 6) is -0.0657. The number of benzene rings is 1. The highest BCUT2D eigenvalue weighted by atomic mass is 16.6.